The maximum Gasteiger partial charge on any atom is 0.230 e. The van der Waals surface area contributed by atoms with Gasteiger partial charge in [0.2, 0.25) is 5.91 Å². The Kier molecular flexibility index (Phi) is 4.18. The first-order valence-electron chi connectivity index (χ1n) is 7.17. The van der Waals surface area contributed by atoms with E-state index in [2.05, 4.69) is 31.4 Å². The van der Waals surface area contributed by atoms with Crippen molar-refractivity contribution in [1.82, 2.24) is 20.1 Å². The summed E-state index contributed by atoms with van der Waals surface area (Å²) in [6, 6.07) is 8.01. The Bertz CT molecular complexity index is 746. The van der Waals surface area contributed by atoms with Crippen molar-refractivity contribution in [2.45, 2.75) is 24.7 Å². The molecule has 0 saturated heterocycles. The zero-order valence-corrected chi connectivity index (χ0v) is 14.6. The number of benzene rings is 1. The molecule has 0 unspecified atom stereocenters. The van der Waals surface area contributed by atoms with Gasteiger partial charge in [0.1, 0.15) is 5.82 Å². The SMILES string of the molecule is Cn1c(CCNC(=O)C2(c3ccc(Br)cc3)CC2)n[nH]c1=S. The summed E-state index contributed by atoms with van der Waals surface area (Å²) in [6.45, 7) is 0.560. The first kappa shape index (κ1) is 15.4. The zero-order chi connectivity index (χ0) is 15.7. The van der Waals surface area contributed by atoms with E-state index in [1.165, 1.54) is 0 Å². The number of aromatic amines is 1. The lowest BCUT2D eigenvalue weighted by molar-refractivity contribution is -0.123. The van der Waals surface area contributed by atoms with E-state index in [9.17, 15) is 4.79 Å². The fraction of sp³-hybridized carbons (Fsp3) is 0.400. The fourth-order valence-corrected chi connectivity index (χ4v) is 3.02. The Hall–Kier alpha value is -1.47. The van der Waals surface area contributed by atoms with Crippen LogP contribution in [-0.4, -0.2) is 27.2 Å². The number of nitrogens with zero attached hydrogens (tertiary/aromatic N) is 2. The second-order valence-corrected chi connectivity index (χ2v) is 6.90. The molecular weight excluding hydrogens is 364 g/mol. The summed E-state index contributed by atoms with van der Waals surface area (Å²) < 4.78 is 3.44. The van der Waals surface area contributed by atoms with Crippen molar-refractivity contribution in [3.63, 3.8) is 0 Å². The molecular formula is C15H17BrN4OS. The van der Waals surface area contributed by atoms with Crippen LogP contribution in [0.5, 0.6) is 0 Å². The minimum absolute atomic E-state index is 0.103. The Labute approximate surface area is 142 Å². The third kappa shape index (κ3) is 2.87. The molecule has 0 aliphatic heterocycles. The van der Waals surface area contributed by atoms with Gasteiger partial charge in [0.05, 0.1) is 5.41 Å². The maximum absolute atomic E-state index is 12.5. The molecule has 2 N–H and O–H groups in total. The molecule has 0 spiro atoms. The monoisotopic (exact) mass is 380 g/mol. The highest BCUT2D eigenvalue weighted by Crippen LogP contribution is 2.48. The highest BCUT2D eigenvalue weighted by Gasteiger charge is 2.50. The topological polar surface area (TPSA) is 62.7 Å². The van der Waals surface area contributed by atoms with Gasteiger partial charge >= 0.3 is 0 Å². The minimum atomic E-state index is -0.336. The zero-order valence-electron chi connectivity index (χ0n) is 12.2. The van der Waals surface area contributed by atoms with E-state index in [0.29, 0.717) is 17.7 Å². The molecule has 1 amide bonds. The minimum Gasteiger partial charge on any atom is -0.355 e. The predicted octanol–water partition coefficient (Wildman–Crippen LogP) is 2.63. The van der Waals surface area contributed by atoms with Gasteiger partial charge in [-0.3, -0.25) is 9.89 Å². The number of aromatic nitrogens is 3. The quantitative estimate of drug-likeness (QED) is 0.783. The Morgan fingerprint density at radius 3 is 2.68 bits per heavy atom. The maximum atomic E-state index is 12.5. The number of halogens is 1. The van der Waals surface area contributed by atoms with Crippen LogP contribution in [0.25, 0.3) is 0 Å². The van der Waals surface area contributed by atoms with Crippen molar-refractivity contribution in [2.75, 3.05) is 6.54 Å². The van der Waals surface area contributed by atoms with E-state index in [1.54, 1.807) is 0 Å². The molecule has 0 bridgehead atoms. The molecule has 1 fully saturated rings. The van der Waals surface area contributed by atoms with Crippen LogP contribution < -0.4 is 5.32 Å². The second kappa shape index (κ2) is 5.96. The molecule has 1 aromatic carbocycles. The standard InChI is InChI=1S/C15H17BrN4OS/c1-20-12(18-19-14(20)22)6-9-17-13(21)15(7-8-15)10-2-4-11(16)5-3-10/h2-5H,6-9H2,1H3,(H,17,21)(H,19,22). The van der Waals surface area contributed by atoms with Gasteiger partial charge in [-0.15, -0.1) is 0 Å². The third-order valence-corrected chi connectivity index (χ3v) is 5.08. The van der Waals surface area contributed by atoms with Gasteiger partial charge in [-0.2, -0.15) is 5.10 Å². The average Bonchev–Trinajstić information content (AvgIpc) is 3.26. The van der Waals surface area contributed by atoms with E-state index >= 15 is 0 Å². The van der Waals surface area contributed by atoms with Crippen LogP contribution in [0.4, 0.5) is 0 Å². The van der Waals surface area contributed by atoms with Crippen LogP contribution >= 0.6 is 28.1 Å². The molecule has 22 heavy (non-hydrogen) atoms. The van der Waals surface area contributed by atoms with E-state index in [-0.39, 0.29) is 11.3 Å². The van der Waals surface area contributed by atoms with Crippen molar-refractivity contribution >= 4 is 34.1 Å². The molecule has 7 heteroatoms. The first-order valence-corrected chi connectivity index (χ1v) is 8.38. The number of hydrogen-bond donors (Lipinski definition) is 2. The second-order valence-electron chi connectivity index (χ2n) is 5.60. The van der Waals surface area contributed by atoms with Gasteiger partial charge in [0.25, 0.3) is 0 Å². The van der Waals surface area contributed by atoms with Crippen molar-refractivity contribution in [3.8, 4) is 0 Å². The number of H-pyrrole nitrogens is 1. The average molecular weight is 381 g/mol. The van der Waals surface area contributed by atoms with Gasteiger partial charge in [-0.25, -0.2) is 0 Å². The third-order valence-electron chi connectivity index (χ3n) is 4.19. The Morgan fingerprint density at radius 2 is 2.14 bits per heavy atom. The lowest BCUT2D eigenvalue weighted by atomic mass is 9.95. The van der Waals surface area contributed by atoms with E-state index in [0.717, 1.165) is 28.7 Å². The molecule has 5 nitrogen and oxygen atoms in total. The number of nitrogens with one attached hydrogen (secondary N) is 2. The molecule has 3 rings (SSSR count). The normalized spacial score (nSPS) is 15.5. The van der Waals surface area contributed by atoms with E-state index in [1.807, 2.05) is 35.9 Å². The predicted molar refractivity (Wildman–Crippen MR) is 90.2 cm³/mol. The summed E-state index contributed by atoms with van der Waals surface area (Å²) in [7, 11) is 1.87. The van der Waals surface area contributed by atoms with Gasteiger partial charge in [0, 0.05) is 24.5 Å². The number of rotatable bonds is 5. The molecule has 0 radical (unpaired) electrons. The van der Waals surface area contributed by atoms with Gasteiger partial charge in [0.15, 0.2) is 4.77 Å². The van der Waals surface area contributed by atoms with Crippen LogP contribution in [0.15, 0.2) is 28.7 Å². The van der Waals surface area contributed by atoms with Crippen LogP contribution in [0.3, 0.4) is 0 Å². The van der Waals surface area contributed by atoms with Crippen LogP contribution in [0.2, 0.25) is 0 Å². The molecule has 1 heterocycles. The lowest BCUT2D eigenvalue weighted by Gasteiger charge is -2.15. The number of carbonyl (C=O) groups is 1. The highest BCUT2D eigenvalue weighted by atomic mass is 79.9. The van der Waals surface area contributed by atoms with Crippen LogP contribution in [0, 0.1) is 4.77 Å². The van der Waals surface area contributed by atoms with Gasteiger partial charge in [-0.1, -0.05) is 28.1 Å². The fourth-order valence-electron chi connectivity index (χ4n) is 2.60. The molecule has 1 aliphatic rings. The summed E-state index contributed by atoms with van der Waals surface area (Å²) in [5, 5.41) is 9.93. The van der Waals surface area contributed by atoms with Crippen LogP contribution in [-0.2, 0) is 23.7 Å². The van der Waals surface area contributed by atoms with Gasteiger partial charge in [-0.05, 0) is 42.8 Å². The number of amides is 1. The molecule has 2 aromatic rings. The summed E-state index contributed by atoms with van der Waals surface area (Å²) in [4.78, 5) is 12.5. The Morgan fingerprint density at radius 1 is 1.45 bits per heavy atom. The van der Waals surface area contributed by atoms with Gasteiger partial charge < -0.3 is 9.88 Å². The molecule has 1 aromatic heterocycles. The van der Waals surface area contributed by atoms with Crippen LogP contribution in [0.1, 0.15) is 24.2 Å². The largest absolute Gasteiger partial charge is 0.355 e. The summed E-state index contributed by atoms with van der Waals surface area (Å²) in [5.41, 5.74) is 0.754. The van der Waals surface area contributed by atoms with Crippen molar-refractivity contribution in [3.05, 3.63) is 44.9 Å². The lowest BCUT2D eigenvalue weighted by Crippen LogP contribution is -2.36. The molecule has 116 valence electrons. The van der Waals surface area contributed by atoms with Crippen molar-refractivity contribution in [1.29, 1.82) is 0 Å². The number of carbonyl (C=O) groups excluding carboxylic acids is 1. The smallest absolute Gasteiger partial charge is 0.230 e. The van der Waals surface area contributed by atoms with Crippen molar-refractivity contribution < 1.29 is 4.79 Å². The number of hydrogen-bond acceptors (Lipinski definition) is 3. The summed E-state index contributed by atoms with van der Waals surface area (Å²) >= 11 is 8.50. The first-order chi connectivity index (χ1) is 10.5. The Balaban J connectivity index is 1.61. The van der Waals surface area contributed by atoms with E-state index in [4.69, 9.17) is 12.2 Å². The highest BCUT2D eigenvalue weighted by molar-refractivity contribution is 9.10. The molecule has 1 aliphatic carbocycles. The molecule has 0 atom stereocenters. The van der Waals surface area contributed by atoms with Crippen molar-refractivity contribution in [2.24, 2.45) is 7.05 Å². The summed E-state index contributed by atoms with van der Waals surface area (Å²) in [6.07, 6.45) is 2.48. The molecule has 1 saturated carbocycles. The van der Waals surface area contributed by atoms with E-state index < -0.39 is 0 Å². The summed E-state index contributed by atoms with van der Waals surface area (Å²) in [5.74, 6) is 0.949.